The van der Waals surface area contributed by atoms with E-state index >= 15 is 0 Å². The van der Waals surface area contributed by atoms with Gasteiger partial charge in [0.05, 0.1) is 17.9 Å². The number of hydrogen-bond acceptors (Lipinski definition) is 6. The summed E-state index contributed by atoms with van der Waals surface area (Å²) in [6, 6.07) is 13.8. The largest absolute Gasteiger partial charge is 0.487 e. The number of nitrogens with zero attached hydrogens (tertiary/aromatic N) is 4. The average Bonchev–Trinajstić information content (AvgIpc) is 3.27. The van der Waals surface area contributed by atoms with E-state index < -0.39 is 0 Å². The average molecular weight is 567 g/mol. The van der Waals surface area contributed by atoms with Gasteiger partial charge in [-0.2, -0.15) is 0 Å². The van der Waals surface area contributed by atoms with E-state index in [-0.39, 0.29) is 30.1 Å². The van der Waals surface area contributed by atoms with Gasteiger partial charge in [0, 0.05) is 39.3 Å². The fraction of sp³-hybridized carbons (Fsp3) is 0.348. The molecule has 2 aromatic heterocycles. The molecule has 9 heteroatoms. The fourth-order valence-corrected chi connectivity index (χ4v) is 3.79. The van der Waals surface area contributed by atoms with Gasteiger partial charge in [-0.05, 0) is 36.8 Å². The second kappa shape index (κ2) is 13.3. The van der Waals surface area contributed by atoms with Gasteiger partial charge in [0.15, 0.2) is 5.96 Å². The molecular formula is C23H30IN5O2S. The molecule has 7 nitrogen and oxygen atoms in total. The normalized spacial score (nSPS) is 12.1. The summed E-state index contributed by atoms with van der Waals surface area (Å²) in [4.78, 5) is 15.4. The topological polar surface area (TPSA) is 71.9 Å². The number of aliphatic imine (C=N–C) groups is 1. The highest BCUT2D eigenvalue weighted by molar-refractivity contribution is 14.0. The number of nitrogens with one attached hydrogen (secondary N) is 1. The minimum Gasteiger partial charge on any atom is -0.487 e. The van der Waals surface area contributed by atoms with Gasteiger partial charge in [-0.3, -0.25) is 9.98 Å². The Kier molecular flexibility index (Phi) is 10.8. The summed E-state index contributed by atoms with van der Waals surface area (Å²) in [6.45, 7) is 3.75. The smallest absolute Gasteiger partial charge is 0.194 e. The molecule has 1 atom stereocenters. The Balaban J connectivity index is 0.00000363. The zero-order valence-electron chi connectivity index (χ0n) is 18.8. The van der Waals surface area contributed by atoms with Crippen LogP contribution < -0.4 is 10.1 Å². The third-order valence-electron chi connectivity index (χ3n) is 4.71. The summed E-state index contributed by atoms with van der Waals surface area (Å²) in [7, 11) is 5.48. The summed E-state index contributed by atoms with van der Waals surface area (Å²) in [5, 5.41) is 6.46. The molecule has 0 bridgehead atoms. The maximum atomic E-state index is 5.87. The monoisotopic (exact) mass is 567 g/mol. The molecule has 172 valence electrons. The second-order valence-corrected chi connectivity index (χ2v) is 7.96. The number of thiazole rings is 1. The molecule has 2 heterocycles. The summed E-state index contributed by atoms with van der Waals surface area (Å²) >= 11 is 1.62. The first kappa shape index (κ1) is 26.0. The Morgan fingerprint density at radius 3 is 2.78 bits per heavy atom. The van der Waals surface area contributed by atoms with Crippen LogP contribution in [0.2, 0.25) is 0 Å². The number of hydrogen-bond donors (Lipinski definition) is 1. The SMILES string of the molecule is CN=C(NCc1cccc(OCc2ccccn2)c1)N(C)Cc1csc(C(C)OC)n1.I. The van der Waals surface area contributed by atoms with Crippen LogP contribution in [0.4, 0.5) is 0 Å². The third kappa shape index (κ3) is 7.72. The Hall–Kier alpha value is -2.24. The van der Waals surface area contributed by atoms with Crippen molar-refractivity contribution in [1.29, 1.82) is 0 Å². The molecule has 1 unspecified atom stereocenters. The molecule has 0 amide bonds. The zero-order valence-corrected chi connectivity index (χ0v) is 22.0. The summed E-state index contributed by atoms with van der Waals surface area (Å²) in [5.41, 5.74) is 3.01. The minimum absolute atomic E-state index is 0. The van der Waals surface area contributed by atoms with Crippen LogP contribution in [-0.4, -0.2) is 42.0 Å². The Morgan fingerprint density at radius 1 is 1.22 bits per heavy atom. The molecule has 0 fully saturated rings. The Morgan fingerprint density at radius 2 is 2.06 bits per heavy atom. The van der Waals surface area contributed by atoms with Crippen LogP contribution in [0.5, 0.6) is 5.75 Å². The lowest BCUT2D eigenvalue weighted by Gasteiger charge is -2.21. The lowest BCUT2D eigenvalue weighted by atomic mass is 10.2. The van der Waals surface area contributed by atoms with Gasteiger partial charge in [0.2, 0.25) is 0 Å². The first-order chi connectivity index (χ1) is 15.1. The molecule has 3 aromatic rings. The maximum absolute atomic E-state index is 5.87. The van der Waals surface area contributed by atoms with Gasteiger partial charge < -0.3 is 19.7 Å². The molecule has 0 aliphatic heterocycles. The van der Waals surface area contributed by atoms with E-state index in [9.17, 15) is 0 Å². The van der Waals surface area contributed by atoms with Crippen molar-refractivity contribution in [1.82, 2.24) is 20.2 Å². The van der Waals surface area contributed by atoms with Crippen LogP contribution in [0.15, 0.2) is 59.0 Å². The number of halogens is 1. The van der Waals surface area contributed by atoms with Gasteiger partial charge >= 0.3 is 0 Å². The number of pyridine rings is 1. The van der Waals surface area contributed by atoms with Crippen molar-refractivity contribution in [2.75, 3.05) is 21.2 Å². The van der Waals surface area contributed by atoms with Crippen molar-refractivity contribution >= 4 is 41.3 Å². The molecule has 0 aliphatic carbocycles. The van der Waals surface area contributed by atoms with E-state index in [0.717, 1.165) is 33.7 Å². The first-order valence-electron chi connectivity index (χ1n) is 10.1. The molecule has 3 rings (SSSR count). The molecule has 0 saturated carbocycles. The van der Waals surface area contributed by atoms with E-state index in [2.05, 4.69) is 36.6 Å². The maximum Gasteiger partial charge on any atom is 0.194 e. The first-order valence-corrected chi connectivity index (χ1v) is 11.0. The fourth-order valence-electron chi connectivity index (χ4n) is 2.95. The Labute approximate surface area is 210 Å². The third-order valence-corrected chi connectivity index (χ3v) is 5.76. The number of aromatic nitrogens is 2. The van der Waals surface area contributed by atoms with Gasteiger partial charge in [0.1, 0.15) is 23.5 Å². The molecule has 1 aromatic carbocycles. The van der Waals surface area contributed by atoms with Crippen LogP contribution in [-0.2, 0) is 24.4 Å². The zero-order chi connectivity index (χ0) is 22.1. The van der Waals surface area contributed by atoms with Crippen molar-refractivity contribution in [3.8, 4) is 5.75 Å². The Bertz CT molecular complexity index is 983. The van der Waals surface area contributed by atoms with Gasteiger partial charge in [-0.15, -0.1) is 35.3 Å². The lowest BCUT2D eigenvalue weighted by molar-refractivity contribution is 0.119. The van der Waals surface area contributed by atoms with Crippen LogP contribution in [0, 0.1) is 0 Å². The van der Waals surface area contributed by atoms with Crippen molar-refractivity contribution in [3.05, 3.63) is 76.0 Å². The highest BCUT2D eigenvalue weighted by atomic mass is 127. The van der Waals surface area contributed by atoms with Gasteiger partial charge in [-0.25, -0.2) is 4.98 Å². The number of rotatable bonds is 9. The van der Waals surface area contributed by atoms with Crippen molar-refractivity contribution in [3.63, 3.8) is 0 Å². The predicted molar refractivity (Wildman–Crippen MR) is 140 cm³/mol. The standard InChI is InChI=1S/C23H29N5O2S.HI/c1-17(29-4)22-27-20(16-31-22)14-28(3)23(24-2)26-13-18-8-7-10-21(12-18)30-15-19-9-5-6-11-25-19;/h5-12,16-17H,13-15H2,1-4H3,(H,24,26);1H. The van der Waals surface area contributed by atoms with E-state index in [1.807, 2.05) is 50.4 Å². The molecule has 32 heavy (non-hydrogen) atoms. The molecule has 0 saturated heterocycles. The number of ether oxygens (including phenoxy) is 2. The molecule has 0 aliphatic rings. The summed E-state index contributed by atoms with van der Waals surface area (Å²) in [5.74, 6) is 1.62. The van der Waals surface area contributed by atoms with Gasteiger partial charge in [-0.1, -0.05) is 18.2 Å². The van der Waals surface area contributed by atoms with Crippen molar-refractivity contribution in [2.24, 2.45) is 4.99 Å². The van der Waals surface area contributed by atoms with Crippen LogP contribution in [0.25, 0.3) is 0 Å². The lowest BCUT2D eigenvalue weighted by Crippen LogP contribution is -2.38. The van der Waals surface area contributed by atoms with Crippen LogP contribution in [0.1, 0.15) is 35.0 Å². The highest BCUT2D eigenvalue weighted by Crippen LogP contribution is 2.21. The summed E-state index contributed by atoms with van der Waals surface area (Å²) < 4.78 is 11.2. The second-order valence-electron chi connectivity index (χ2n) is 7.07. The molecule has 0 spiro atoms. The van der Waals surface area contributed by atoms with Gasteiger partial charge in [0.25, 0.3) is 0 Å². The van der Waals surface area contributed by atoms with Crippen molar-refractivity contribution < 1.29 is 9.47 Å². The minimum atomic E-state index is 0. The predicted octanol–water partition coefficient (Wildman–Crippen LogP) is 4.65. The van der Waals surface area contributed by atoms with Crippen LogP contribution >= 0.6 is 35.3 Å². The number of guanidine groups is 1. The highest BCUT2D eigenvalue weighted by Gasteiger charge is 2.12. The van der Waals surface area contributed by atoms with E-state index in [0.29, 0.717) is 19.7 Å². The number of methoxy groups -OCH3 is 1. The van der Waals surface area contributed by atoms with Crippen LogP contribution in [0.3, 0.4) is 0 Å². The molecular weight excluding hydrogens is 537 g/mol. The summed E-state index contributed by atoms with van der Waals surface area (Å²) in [6.07, 6.45) is 1.78. The quantitative estimate of drug-likeness (QED) is 0.231. The molecule has 1 N–H and O–H groups in total. The van der Waals surface area contributed by atoms with Crippen molar-refractivity contribution in [2.45, 2.75) is 32.7 Å². The van der Waals surface area contributed by atoms with E-state index in [4.69, 9.17) is 9.47 Å². The molecule has 0 radical (unpaired) electrons. The van der Waals surface area contributed by atoms with E-state index in [1.54, 1.807) is 31.7 Å². The van der Waals surface area contributed by atoms with E-state index in [1.165, 1.54) is 0 Å². The number of benzene rings is 1.